The van der Waals surface area contributed by atoms with Gasteiger partial charge in [0.2, 0.25) is 0 Å². The number of guanidine groups is 1. The molecule has 0 amide bonds. The monoisotopic (exact) mass is 359 g/mol. The molecule has 0 spiro atoms. The Hall–Kier alpha value is -1.31. The van der Waals surface area contributed by atoms with E-state index in [1.807, 2.05) is 32.4 Å². The van der Waals surface area contributed by atoms with Crippen molar-refractivity contribution in [1.82, 2.24) is 14.3 Å². The molecule has 0 atom stereocenters. The van der Waals surface area contributed by atoms with Crippen LogP contribution in [0.2, 0.25) is 0 Å². The smallest absolute Gasteiger partial charge is 0.191 e. The lowest BCUT2D eigenvalue weighted by Gasteiger charge is -2.09. The summed E-state index contributed by atoms with van der Waals surface area (Å²) in [7, 11) is 3.74. The second-order valence-corrected chi connectivity index (χ2v) is 4.20. The van der Waals surface area contributed by atoms with Gasteiger partial charge in [0, 0.05) is 26.0 Å². The number of nitrogens with zero attached hydrogens (tertiary/aromatic N) is 4. The molecule has 0 saturated carbocycles. The minimum absolute atomic E-state index is 0. The van der Waals surface area contributed by atoms with Crippen molar-refractivity contribution in [2.24, 2.45) is 10.7 Å². The van der Waals surface area contributed by atoms with Crippen molar-refractivity contribution in [3.8, 4) is 0 Å². The molecule has 18 heavy (non-hydrogen) atoms. The van der Waals surface area contributed by atoms with Crippen LogP contribution in [0.25, 0.3) is 5.65 Å². The zero-order chi connectivity index (χ0) is 12.4. The SMILES string of the molecule is Cc1cccc2nc(CN=C(N)N(C)C)cn12.I. The number of fused-ring (bicyclic) bond motifs is 1. The molecule has 0 radical (unpaired) electrons. The van der Waals surface area contributed by atoms with Gasteiger partial charge in [-0.3, -0.25) is 0 Å². The molecule has 0 unspecified atom stereocenters. The van der Waals surface area contributed by atoms with E-state index in [0.717, 1.165) is 17.0 Å². The molecule has 2 aromatic rings. The standard InChI is InChI=1S/C12H17N5.HI/c1-9-5-4-6-11-15-10(8-17(9)11)7-14-12(13)16(2)3;/h4-6,8H,7H2,1-3H3,(H2,13,14);1H. The maximum absolute atomic E-state index is 5.73. The zero-order valence-corrected chi connectivity index (χ0v) is 13.1. The molecule has 2 aromatic heterocycles. The molecule has 0 bridgehead atoms. The summed E-state index contributed by atoms with van der Waals surface area (Å²) < 4.78 is 2.05. The number of hydrogen-bond acceptors (Lipinski definition) is 2. The summed E-state index contributed by atoms with van der Waals surface area (Å²) in [4.78, 5) is 10.5. The highest BCUT2D eigenvalue weighted by atomic mass is 127. The first-order chi connectivity index (χ1) is 8.08. The predicted octanol–water partition coefficient (Wildman–Crippen LogP) is 1.64. The third-order valence-electron chi connectivity index (χ3n) is 2.61. The number of aryl methyl sites for hydroxylation is 1. The largest absolute Gasteiger partial charge is 0.370 e. The van der Waals surface area contributed by atoms with Crippen LogP contribution in [0.15, 0.2) is 29.4 Å². The number of nitrogens with two attached hydrogens (primary N) is 1. The van der Waals surface area contributed by atoms with Crippen molar-refractivity contribution in [2.45, 2.75) is 13.5 Å². The van der Waals surface area contributed by atoms with Gasteiger partial charge in [0.25, 0.3) is 0 Å². The summed E-state index contributed by atoms with van der Waals surface area (Å²) in [5, 5.41) is 0. The Labute approximate surface area is 124 Å². The first-order valence-corrected chi connectivity index (χ1v) is 5.49. The van der Waals surface area contributed by atoms with E-state index in [2.05, 4.69) is 27.4 Å². The molecule has 5 nitrogen and oxygen atoms in total. The zero-order valence-electron chi connectivity index (χ0n) is 10.8. The average molecular weight is 359 g/mol. The van der Waals surface area contributed by atoms with E-state index in [1.54, 1.807) is 4.90 Å². The second-order valence-electron chi connectivity index (χ2n) is 4.20. The minimum atomic E-state index is 0. The van der Waals surface area contributed by atoms with E-state index in [0.29, 0.717) is 12.5 Å². The van der Waals surface area contributed by atoms with Crippen LogP contribution in [-0.2, 0) is 6.54 Å². The summed E-state index contributed by atoms with van der Waals surface area (Å²) in [6, 6.07) is 6.03. The van der Waals surface area contributed by atoms with Crippen LogP contribution in [0.3, 0.4) is 0 Å². The fraction of sp³-hybridized carbons (Fsp3) is 0.333. The van der Waals surface area contributed by atoms with Crippen LogP contribution < -0.4 is 5.73 Å². The molecule has 0 aliphatic rings. The highest BCUT2D eigenvalue weighted by molar-refractivity contribution is 14.0. The molecule has 6 heteroatoms. The molecule has 2 rings (SSSR count). The molecule has 0 fully saturated rings. The summed E-state index contributed by atoms with van der Waals surface area (Å²) >= 11 is 0. The quantitative estimate of drug-likeness (QED) is 0.504. The number of hydrogen-bond donors (Lipinski definition) is 1. The highest BCUT2D eigenvalue weighted by Gasteiger charge is 2.02. The van der Waals surface area contributed by atoms with E-state index in [4.69, 9.17) is 5.73 Å². The molecule has 0 aromatic carbocycles. The fourth-order valence-corrected chi connectivity index (χ4v) is 1.58. The molecule has 98 valence electrons. The summed E-state index contributed by atoms with van der Waals surface area (Å²) in [5.41, 5.74) is 8.75. The van der Waals surface area contributed by atoms with Gasteiger partial charge in [-0.1, -0.05) is 6.07 Å². The number of pyridine rings is 1. The van der Waals surface area contributed by atoms with Crippen molar-refractivity contribution in [3.05, 3.63) is 35.8 Å². The van der Waals surface area contributed by atoms with Crippen molar-refractivity contribution >= 4 is 35.6 Å². The Bertz CT molecular complexity index is 559. The van der Waals surface area contributed by atoms with Gasteiger partial charge < -0.3 is 15.0 Å². The van der Waals surface area contributed by atoms with Gasteiger partial charge in [-0.05, 0) is 19.1 Å². The van der Waals surface area contributed by atoms with E-state index in [9.17, 15) is 0 Å². The molecule has 0 saturated heterocycles. The van der Waals surface area contributed by atoms with Gasteiger partial charge >= 0.3 is 0 Å². The van der Waals surface area contributed by atoms with E-state index >= 15 is 0 Å². The number of rotatable bonds is 2. The summed E-state index contributed by atoms with van der Waals surface area (Å²) in [6.45, 7) is 2.56. The van der Waals surface area contributed by atoms with Crippen LogP contribution in [0.5, 0.6) is 0 Å². The van der Waals surface area contributed by atoms with Gasteiger partial charge in [0.1, 0.15) is 5.65 Å². The van der Waals surface area contributed by atoms with Crippen LogP contribution in [0.4, 0.5) is 0 Å². The second kappa shape index (κ2) is 6.03. The van der Waals surface area contributed by atoms with Crippen molar-refractivity contribution in [3.63, 3.8) is 0 Å². The Morgan fingerprint density at radius 1 is 1.44 bits per heavy atom. The fourth-order valence-electron chi connectivity index (χ4n) is 1.58. The minimum Gasteiger partial charge on any atom is -0.370 e. The summed E-state index contributed by atoms with van der Waals surface area (Å²) in [5.74, 6) is 0.513. The Morgan fingerprint density at radius 2 is 2.17 bits per heavy atom. The third-order valence-corrected chi connectivity index (χ3v) is 2.61. The number of imidazole rings is 1. The molecule has 2 heterocycles. The number of aliphatic imine (C=N–C) groups is 1. The maximum atomic E-state index is 5.73. The lowest BCUT2D eigenvalue weighted by molar-refractivity contribution is 0.609. The number of halogens is 1. The maximum Gasteiger partial charge on any atom is 0.191 e. The summed E-state index contributed by atoms with van der Waals surface area (Å²) in [6.07, 6.45) is 2.00. The lowest BCUT2D eigenvalue weighted by Crippen LogP contribution is -2.30. The van der Waals surface area contributed by atoms with Crippen molar-refractivity contribution in [1.29, 1.82) is 0 Å². The molecule has 2 N–H and O–H groups in total. The van der Waals surface area contributed by atoms with Crippen LogP contribution in [0.1, 0.15) is 11.4 Å². The topological polar surface area (TPSA) is 58.9 Å². The van der Waals surface area contributed by atoms with E-state index in [-0.39, 0.29) is 24.0 Å². The predicted molar refractivity (Wildman–Crippen MR) is 84.4 cm³/mol. The average Bonchev–Trinajstić information content (AvgIpc) is 2.70. The molecule has 0 aliphatic heterocycles. The van der Waals surface area contributed by atoms with Gasteiger partial charge in [0.05, 0.1) is 12.2 Å². The van der Waals surface area contributed by atoms with Crippen molar-refractivity contribution in [2.75, 3.05) is 14.1 Å². The Morgan fingerprint density at radius 3 is 2.78 bits per heavy atom. The molecular formula is C12H18IN5. The molecular weight excluding hydrogens is 341 g/mol. The van der Waals surface area contributed by atoms with Gasteiger partial charge in [-0.25, -0.2) is 9.98 Å². The first-order valence-electron chi connectivity index (χ1n) is 5.49. The lowest BCUT2D eigenvalue weighted by atomic mass is 10.4. The first kappa shape index (κ1) is 14.7. The normalized spacial score (nSPS) is 11.4. The van der Waals surface area contributed by atoms with E-state index < -0.39 is 0 Å². The van der Waals surface area contributed by atoms with Crippen molar-refractivity contribution < 1.29 is 0 Å². The van der Waals surface area contributed by atoms with Gasteiger partial charge in [-0.2, -0.15) is 0 Å². The van der Waals surface area contributed by atoms with Crippen LogP contribution >= 0.6 is 24.0 Å². The van der Waals surface area contributed by atoms with Crippen LogP contribution in [0, 0.1) is 6.92 Å². The third kappa shape index (κ3) is 3.12. The van der Waals surface area contributed by atoms with E-state index in [1.165, 1.54) is 0 Å². The number of aromatic nitrogens is 2. The van der Waals surface area contributed by atoms with Gasteiger partial charge in [0.15, 0.2) is 5.96 Å². The Kier molecular flexibility index (Phi) is 4.94. The Balaban J connectivity index is 0.00000162. The highest BCUT2D eigenvalue weighted by Crippen LogP contribution is 2.09. The van der Waals surface area contributed by atoms with Gasteiger partial charge in [-0.15, -0.1) is 24.0 Å². The van der Waals surface area contributed by atoms with Crippen LogP contribution in [-0.4, -0.2) is 34.3 Å². The molecule has 0 aliphatic carbocycles.